The number of aromatic nitrogens is 4. The minimum Gasteiger partial charge on any atom is -0.380 e. The Hall–Kier alpha value is -2.95. The molecule has 0 radical (unpaired) electrons. The first-order valence-electron chi connectivity index (χ1n) is 13.1. The van der Waals surface area contributed by atoms with Crippen LogP contribution in [-0.2, 0) is 38.0 Å². The Kier molecular flexibility index (Phi) is 7.97. The van der Waals surface area contributed by atoms with E-state index in [1.54, 1.807) is 20.9 Å². The van der Waals surface area contributed by atoms with E-state index in [-0.39, 0.29) is 58.4 Å². The zero-order valence-corrected chi connectivity index (χ0v) is 26.0. The normalized spacial score (nSPS) is 18.0. The maximum atomic E-state index is 13.6. The Morgan fingerprint density at radius 3 is 2.47 bits per heavy atom. The molecule has 1 N–H and O–H groups in total. The number of nitrogens with one attached hydrogen (secondary N) is 1. The number of methoxy groups -OCH3 is 1. The summed E-state index contributed by atoms with van der Waals surface area (Å²) in [5.41, 5.74) is 0.791. The van der Waals surface area contributed by atoms with Crippen molar-refractivity contribution in [2.24, 2.45) is 7.05 Å². The van der Waals surface area contributed by atoms with Gasteiger partial charge >= 0.3 is 6.18 Å². The third-order valence-electron chi connectivity index (χ3n) is 7.39. The van der Waals surface area contributed by atoms with Crippen LogP contribution in [0.15, 0.2) is 22.6 Å². The van der Waals surface area contributed by atoms with Crippen LogP contribution < -0.4 is 4.72 Å². The number of hydrogen-bond donors (Lipinski definition) is 1. The van der Waals surface area contributed by atoms with Crippen molar-refractivity contribution in [1.82, 2.24) is 29.0 Å². The molecule has 0 saturated heterocycles. The lowest BCUT2D eigenvalue weighted by atomic mass is 9.92. The van der Waals surface area contributed by atoms with Crippen LogP contribution in [0.3, 0.4) is 0 Å². The Bertz CT molecular complexity index is 1890. The van der Waals surface area contributed by atoms with Crippen molar-refractivity contribution in [3.8, 4) is 16.8 Å². The van der Waals surface area contributed by atoms with E-state index in [2.05, 4.69) is 20.0 Å². The van der Waals surface area contributed by atoms with Crippen LogP contribution in [0.5, 0.6) is 0 Å². The number of alkyl halides is 3. The average molecular weight is 660 g/mol. The number of rotatable bonds is 9. The van der Waals surface area contributed by atoms with Gasteiger partial charge in [0.2, 0.25) is 25.1 Å². The molecule has 0 bridgehead atoms. The molecule has 1 aromatic carbocycles. The van der Waals surface area contributed by atoms with Crippen LogP contribution in [0.1, 0.15) is 43.7 Å². The lowest BCUT2D eigenvalue weighted by Crippen LogP contribution is -2.41. The SMILES string of the molecule is COCC1=C(c2cc(S(=O)(=O)NC3(C#N)CC3)cc3c(-c4nnc(C(F)(F)F)s4)nn(C)c23)CCN(S(=O)(=O)C(C)C)C1. The molecule has 5 rings (SSSR count). The van der Waals surface area contributed by atoms with Crippen molar-refractivity contribution in [2.45, 2.75) is 55.0 Å². The maximum absolute atomic E-state index is 13.6. The van der Waals surface area contributed by atoms with E-state index in [9.17, 15) is 35.3 Å². The summed E-state index contributed by atoms with van der Waals surface area (Å²) in [6, 6.07) is 4.70. The van der Waals surface area contributed by atoms with Crippen molar-refractivity contribution in [2.75, 3.05) is 26.8 Å². The van der Waals surface area contributed by atoms with E-state index in [0.717, 1.165) is 0 Å². The van der Waals surface area contributed by atoms with Crippen molar-refractivity contribution in [3.63, 3.8) is 0 Å². The second-order valence-electron chi connectivity index (χ2n) is 10.7. The smallest absolute Gasteiger partial charge is 0.380 e. The molecular formula is C25H28F3N7O5S3. The monoisotopic (exact) mass is 659 g/mol. The molecule has 1 fully saturated rings. The topological polar surface area (TPSA) is 160 Å². The molecular weight excluding hydrogens is 632 g/mol. The van der Waals surface area contributed by atoms with Crippen LogP contribution in [0.2, 0.25) is 0 Å². The van der Waals surface area contributed by atoms with Gasteiger partial charge in [-0.3, -0.25) is 4.68 Å². The van der Waals surface area contributed by atoms with E-state index in [1.807, 2.05) is 6.07 Å². The predicted molar refractivity (Wildman–Crippen MR) is 152 cm³/mol. The number of nitriles is 1. The van der Waals surface area contributed by atoms with E-state index in [1.165, 1.54) is 28.2 Å². The quantitative estimate of drug-likeness (QED) is 0.364. The molecule has 43 heavy (non-hydrogen) atoms. The Morgan fingerprint density at radius 1 is 1.21 bits per heavy atom. The van der Waals surface area contributed by atoms with Crippen LogP contribution >= 0.6 is 11.3 Å². The minimum absolute atomic E-state index is 0.000989. The highest BCUT2D eigenvalue weighted by atomic mass is 32.2. The highest BCUT2D eigenvalue weighted by Crippen LogP contribution is 2.42. The molecule has 3 aromatic rings. The summed E-state index contributed by atoms with van der Waals surface area (Å²) in [7, 11) is -4.88. The number of benzene rings is 1. The van der Waals surface area contributed by atoms with Gasteiger partial charge < -0.3 is 4.74 Å². The molecule has 2 aliphatic rings. The molecule has 232 valence electrons. The third kappa shape index (κ3) is 5.81. The first kappa shape index (κ1) is 31.5. The number of fused-ring (bicyclic) bond motifs is 1. The maximum Gasteiger partial charge on any atom is 0.445 e. The first-order chi connectivity index (χ1) is 20.0. The van der Waals surface area contributed by atoms with Crippen molar-refractivity contribution < 1.29 is 34.7 Å². The van der Waals surface area contributed by atoms with Crippen LogP contribution in [-0.4, -0.2) is 78.7 Å². The number of halogens is 3. The second-order valence-corrected chi connectivity index (χ2v) is 15.9. The highest BCUT2D eigenvalue weighted by molar-refractivity contribution is 7.90. The van der Waals surface area contributed by atoms with Gasteiger partial charge in [0.15, 0.2) is 5.01 Å². The molecule has 0 spiro atoms. The lowest BCUT2D eigenvalue weighted by molar-refractivity contribution is -0.138. The molecule has 0 amide bonds. The van der Waals surface area contributed by atoms with Crippen molar-refractivity contribution in [3.05, 3.63) is 28.3 Å². The second kappa shape index (κ2) is 10.9. The number of sulfonamides is 2. The van der Waals surface area contributed by atoms with Gasteiger partial charge in [-0.15, -0.1) is 10.2 Å². The fourth-order valence-corrected chi connectivity index (χ4v) is 8.41. The standard InChI is InChI=1S/C25H28F3N7O5S3/c1-14(2)43(38,39)35-8-5-17(15(11-35)12-40-4)18-9-16(42(36,37)33-24(13-29)6-7-24)10-19-20(32-34(3)21(18)19)22-30-31-23(41-22)25(26,27)28/h9-10,14,33H,5-8,11-12H2,1-4H3. The Labute approximate surface area is 250 Å². The van der Waals surface area contributed by atoms with Gasteiger partial charge in [-0.05, 0) is 56.4 Å². The zero-order chi connectivity index (χ0) is 31.5. The van der Waals surface area contributed by atoms with Crippen molar-refractivity contribution in [1.29, 1.82) is 5.26 Å². The number of nitrogens with zero attached hydrogens (tertiary/aromatic N) is 6. The number of aryl methyl sites for hydroxylation is 1. The van der Waals surface area contributed by atoms with Crippen LogP contribution in [0.4, 0.5) is 13.2 Å². The summed E-state index contributed by atoms with van der Waals surface area (Å²) in [4.78, 5) is -0.229. The first-order valence-corrected chi connectivity index (χ1v) is 16.9. The molecule has 12 nitrogen and oxygen atoms in total. The lowest BCUT2D eigenvalue weighted by Gasteiger charge is -2.32. The number of ether oxygens (including phenoxy) is 1. The highest BCUT2D eigenvalue weighted by Gasteiger charge is 2.47. The molecule has 1 aliphatic heterocycles. The van der Waals surface area contributed by atoms with Gasteiger partial charge in [-0.25, -0.2) is 16.8 Å². The number of hydrogen-bond acceptors (Lipinski definition) is 10. The van der Waals surface area contributed by atoms with E-state index in [4.69, 9.17) is 4.74 Å². The van der Waals surface area contributed by atoms with Gasteiger partial charge in [-0.1, -0.05) is 11.3 Å². The summed E-state index contributed by atoms with van der Waals surface area (Å²) in [6.07, 6.45) is -3.85. The van der Waals surface area contributed by atoms with Crippen LogP contribution in [0.25, 0.3) is 27.2 Å². The van der Waals surface area contributed by atoms with Gasteiger partial charge in [0.25, 0.3) is 0 Å². The van der Waals surface area contributed by atoms with E-state index in [0.29, 0.717) is 35.1 Å². The molecule has 18 heteroatoms. The third-order valence-corrected chi connectivity index (χ3v) is 12.1. The van der Waals surface area contributed by atoms with E-state index < -0.39 is 42.0 Å². The largest absolute Gasteiger partial charge is 0.445 e. The molecule has 1 aliphatic carbocycles. The summed E-state index contributed by atoms with van der Waals surface area (Å²) < 4.78 is 104. The van der Waals surface area contributed by atoms with Gasteiger partial charge in [0.05, 0.1) is 28.3 Å². The molecule has 0 atom stereocenters. The average Bonchev–Trinajstić information content (AvgIpc) is 3.35. The predicted octanol–water partition coefficient (Wildman–Crippen LogP) is 3.29. The zero-order valence-electron chi connectivity index (χ0n) is 23.6. The van der Waals surface area contributed by atoms with Gasteiger partial charge in [0.1, 0.15) is 11.2 Å². The molecule has 1 saturated carbocycles. The summed E-state index contributed by atoms with van der Waals surface area (Å²) in [6.45, 7) is 3.33. The fourth-order valence-electron chi connectivity index (χ4n) is 4.99. The molecule has 0 unspecified atom stereocenters. The Balaban J connectivity index is 1.75. The van der Waals surface area contributed by atoms with Gasteiger partial charge in [0, 0.05) is 38.2 Å². The van der Waals surface area contributed by atoms with E-state index >= 15 is 0 Å². The summed E-state index contributed by atoms with van der Waals surface area (Å²) in [5.74, 6) is 0. The fraction of sp³-hybridized carbons (Fsp3) is 0.520. The summed E-state index contributed by atoms with van der Waals surface area (Å²) >= 11 is 0.277. The Morgan fingerprint density at radius 2 is 1.91 bits per heavy atom. The van der Waals surface area contributed by atoms with Crippen LogP contribution in [0, 0.1) is 11.3 Å². The molecule has 2 aromatic heterocycles. The minimum atomic E-state index is -4.73. The summed E-state index contributed by atoms with van der Waals surface area (Å²) in [5, 5.41) is 19.1. The van der Waals surface area contributed by atoms with Crippen molar-refractivity contribution >= 4 is 47.9 Å². The molecule has 3 heterocycles. The van der Waals surface area contributed by atoms with Gasteiger partial charge in [-0.2, -0.15) is 32.6 Å².